The smallest absolute Gasteiger partial charge is 0.242 e. The first-order valence-corrected chi connectivity index (χ1v) is 6.39. The fourth-order valence-corrected chi connectivity index (χ4v) is 2.47. The number of nitrogens with zero attached hydrogens (tertiary/aromatic N) is 2. The first kappa shape index (κ1) is 12.4. The molecular formula is C12H21N3O2. The van der Waals surface area contributed by atoms with Gasteiger partial charge in [-0.05, 0) is 18.8 Å². The molecule has 2 heterocycles. The zero-order chi connectivity index (χ0) is 12.4. The van der Waals surface area contributed by atoms with Crippen LogP contribution in [0.2, 0.25) is 0 Å². The highest BCUT2D eigenvalue weighted by atomic mass is 16.2. The summed E-state index contributed by atoms with van der Waals surface area (Å²) in [6, 6.07) is -0.000854. The summed E-state index contributed by atoms with van der Waals surface area (Å²) in [4.78, 5) is 27.2. The molecule has 0 aromatic carbocycles. The van der Waals surface area contributed by atoms with E-state index in [-0.39, 0.29) is 30.3 Å². The molecule has 0 saturated carbocycles. The van der Waals surface area contributed by atoms with Gasteiger partial charge >= 0.3 is 0 Å². The van der Waals surface area contributed by atoms with Gasteiger partial charge in [-0.3, -0.25) is 9.59 Å². The van der Waals surface area contributed by atoms with Crippen molar-refractivity contribution in [1.29, 1.82) is 0 Å². The fourth-order valence-electron chi connectivity index (χ4n) is 2.47. The van der Waals surface area contributed by atoms with E-state index in [0.29, 0.717) is 13.0 Å². The van der Waals surface area contributed by atoms with E-state index in [0.717, 1.165) is 25.9 Å². The molecule has 2 fully saturated rings. The minimum atomic E-state index is -0.000854. The molecule has 2 N–H and O–H groups in total. The summed E-state index contributed by atoms with van der Waals surface area (Å²) in [5.74, 6) is 0.352. The van der Waals surface area contributed by atoms with Crippen LogP contribution >= 0.6 is 0 Å². The van der Waals surface area contributed by atoms with E-state index < -0.39 is 0 Å². The predicted molar refractivity (Wildman–Crippen MR) is 64.2 cm³/mol. The van der Waals surface area contributed by atoms with Crippen molar-refractivity contribution >= 4 is 11.8 Å². The lowest BCUT2D eigenvalue weighted by Crippen LogP contribution is -2.53. The van der Waals surface area contributed by atoms with Crippen LogP contribution in [0.15, 0.2) is 0 Å². The first-order valence-electron chi connectivity index (χ1n) is 6.39. The van der Waals surface area contributed by atoms with E-state index in [1.165, 1.54) is 0 Å². The van der Waals surface area contributed by atoms with E-state index in [2.05, 4.69) is 0 Å². The summed E-state index contributed by atoms with van der Waals surface area (Å²) in [5, 5.41) is 0. The number of carbonyl (C=O) groups excluding carboxylic acids is 2. The number of rotatable bonds is 2. The van der Waals surface area contributed by atoms with Crippen molar-refractivity contribution in [2.45, 2.75) is 32.2 Å². The number of likely N-dealkylation sites (tertiary alicyclic amines) is 2. The second kappa shape index (κ2) is 5.04. The Morgan fingerprint density at radius 1 is 1.41 bits per heavy atom. The van der Waals surface area contributed by atoms with Crippen molar-refractivity contribution in [1.82, 2.24) is 9.80 Å². The van der Waals surface area contributed by atoms with Gasteiger partial charge < -0.3 is 15.5 Å². The Morgan fingerprint density at radius 2 is 2.06 bits per heavy atom. The van der Waals surface area contributed by atoms with E-state index in [4.69, 9.17) is 5.73 Å². The van der Waals surface area contributed by atoms with Crippen LogP contribution in [0.4, 0.5) is 0 Å². The van der Waals surface area contributed by atoms with Crippen molar-refractivity contribution in [3.8, 4) is 0 Å². The average molecular weight is 239 g/mol. The van der Waals surface area contributed by atoms with Crippen LogP contribution in [0.5, 0.6) is 0 Å². The maximum absolute atomic E-state index is 11.9. The van der Waals surface area contributed by atoms with Gasteiger partial charge in [0.1, 0.15) is 0 Å². The van der Waals surface area contributed by atoms with Crippen LogP contribution in [-0.2, 0) is 9.59 Å². The molecule has 5 heteroatoms. The van der Waals surface area contributed by atoms with Crippen LogP contribution in [0.25, 0.3) is 0 Å². The number of carbonyl (C=O) groups is 2. The SMILES string of the molecule is CC1CC(=O)N(CC(=O)N2CCCC2)CC1N. The van der Waals surface area contributed by atoms with Crippen LogP contribution in [-0.4, -0.2) is 53.8 Å². The van der Waals surface area contributed by atoms with Gasteiger partial charge in [-0.25, -0.2) is 0 Å². The van der Waals surface area contributed by atoms with Gasteiger partial charge in [-0.2, -0.15) is 0 Å². The fraction of sp³-hybridized carbons (Fsp3) is 0.833. The minimum Gasteiger partial charge on any atom is -0.341 e. The molecule has 96 valence electrons. The van der Waals surface area contributed by atoms with E-state index >= 15 is 0 Å². The molecule has 2 saturated heterocycles. The third-order valence-corrected chi connectivity index (χ3v) is 3.80. The Labute approximate surface area is 102 Å². The lowest BCUT2D eigenvalue weighted by atomic mass is 9.94. The molecule has 2 unspecified atom stereocenters. The molecule has 2 aliphatic heterocycles. The predicted octanol–water partition coefficient (Wildman–Crippen LogP) is -0.195. The summed E-state index contributed by atoms with van der Waals surface area (Å²) in [7, 11) is 0. The van der Waals surface area contributed by atoms with Crippen LogP contribution < -0.4 is 5.73 Å². The zero-order valence-electron chi connectivity index (χ0n) is 10.4. The van der Waals surface area contributed by atoms with Crippen molar-refractivity contribution in [3.05, 3.63) is 0 Å². The number of hydrogen-bond donors (Lipinski definition) is 1. The highest BCUT2D eigenvalue weighted by Gasteiger charge is 2.31. The normalized spacial score (nSPS) is 29.9. The van der Waals surface area contributed by atoms with E-state index in [1.807, 2.05) is 11.8 Å². The molecule has 17 heavy (non-hydrogen) atoms. The van der Waals surface area contributed by atoms with Crippen LogP contribution in [0.3, 0.4) is 0 Å². The molecule has 0 radical (unpaired) electrons. The van der Waals surface area contributed by atoms with Crippen molar-refractivity contribution in [3.63, 3.8) is 0 Å². The van der Waals surface area contributed by atoms with Gasteiger partial charge in [-0.1, -0.05) is 6.92 Å². The zero-order valence-corrected chi connectivity index (χ0v) is 10.4. The van der Waals surface area contributed by atoms with Gasteiger partial charge in [0.05, 0.1) is 6.54 Å². The number of piperidine rings is 1. The van der Waals surface area contributed by atoms with Gasteiger partial charge in [-0.15, -0.1) is 0 Å². The maximum Gasteiger partial charge on any atom is 0.242 e. The van der Waals surface area contributed by atoms with E-state index in [9.17, 15) is 9.59 Å². The third-order valence-electron chi connectivity index (χ3n) is 3.80. The van der Waals surface area contributed by atoms with Crippen molar-refractivity contribution in [2.24, 2.45) is 11.7 Å². The summed E-state index contributed by atoms with van der Waals surface area (Å²) in [6.45, 7) is 4.38. The van der Waals surface area contributed by atoms with Gasteiger partial charge in [0.2, 0.25) is 11.8 Å². The Bertz CT molecular complexity index is 313. The molecule has 0 aromatic heterocycles. The van der Waals surface area contributed by atoms with Crippen molar-refractivity contribution in [2.75, 3.05) is 26.2 Å². The second-order valence-corrected chi connectivity index (χ2v) is 5.21. The Morgan fingerprint density at radius 3 is 2.71 bits per heavy atom. The molecule has 0 aromatic rings. The standard InChI is InChI=1S/C12H21N3O2/c1-9-6-11(16)15(7-10(9)13)8-12(17)14-4-2-3-5-14/h9-10H,2-8,13H2,1H3. The Kier molecular flexibility index (Phi) is 3.66. The lowest BCUT2D eigenvalue weighted by molar-refractivity contribution is -0.142. The first-order chi connectivity index (χ1) is 8.08. The Balaban J connectivity index is 1.89. The monoisotopic (exact) mass is 239 g/mol. The van der Waals surface area contributed by atoms with E-state index in [1.54, 1.807) is 4.90 Å². The third kappa shape index (κ3) is 2.77. The molecule has 0 bridgehead atoms. The lowest BCUT2D eigenvalue weighted by Gasteiger charge is -2.35. The topological polar surface area (TPSA) is 66.6 Å². The molecule has 0 aliphatic carbocycles. The average Bonchev–Trinajstić information content (AvgIpc) is 2.79. The molecule has 2 aliphatic rings. The molecular weight excluding hydrogens is 218 g/mol. The quantitative estimate of drug-likeness (QED) is 0.726. The molecule has 5 nitrogen and oxygen atoms in total. The summed E-state index contributed by atoms with van der Waals surface area (Å²) in [5.41, 5.74) is 5.94. The highest BCUT2D eigenvalue weighted by Crippen LogP contribution is 2.17. The minimum absolute atomic E-state index is 0.000854. The number of hydrogen-bond acceptors (Lipinski definition) is 3. The highest BCUT2D eigenvalue weighted by molar-refractivity contribution is 5.85. The van der Waals surface area contributed by atoms with Gasteiger partial charge in [0, 0.05) is 32.1 Å². The number of nitrogens with two attached hydrogens (primary N) is 1. The number of amides is 2. The molecule has 0 spiro atoms. The van der Waals surface area contributed by atoms with Crippen LogP contribution in [0, 0.1) is 5.92 Å². The molecule has 2 atom stereocenters. The summed E-state index contributed by atoms with van der Waals surface area (Å²) in [6.07, 6.45) is 2.63. The van der Waals surface area contributed by atoms with Crippen LogP contribution in [0.1, 0.15) is 26.2 Å². The molecule has 2 rings (SSSR count). The van der Waals surface area contributed by atoms with Crippen molar-refractivity contribution < 1.29 is 9.59 Å². The van der Waals surface area contributed by atoms with Gasteiger partial charge in [0.15, 0.2) is 0 Å². The van der Waals surface area contributed by atoms with Gasteiger partial charge in [0.25, 0.3) is 0 Å². The largest absolute Gasteiger partial charge is 0.341 e. The maximum atomic E-state index is 11.9. The summed E-state index contributed by atoms with van der Waals surface area (Å²) < 4.78 is 0. The Hall–Kier alpha value is -1.10. The molecule has 2 amide bonds. The summed E-state index contributed by atoms with van der Waals surface area (Å²) >= 11 is 0. The second-order valence-electron chi connectivity index (χ2n) is 5.21.